The largest absolute Gasteiger partial charge is 0.393 e. The van der Waals surface area contributed by atoms with Crippen LogP contribution in [0.3, 0.4) is 0 Å². The summed E-state index contributed by atoms with van der Waals surface area (Å²) >= 11 is 0. The van der Waals surface area contributed by atoms with Crippen molar-refractivity contribution < 1.29 is 5.11 Å². The average molecular weight is 249 g/mol. The summed E-state index contributed by atoms with van der Waals surface area (Å²) < 4.78 is 0. The lowest BCUT2D eigenvalue weighted by Crippen LogP contribution is -2.25. The number of aliphatic hydroxyl groups excluding tert-OH is 1. The number of nitrogens with one attached hydrogen (secondary N) is 1. The van der Waals surface area contributed by atoms with Gasteiger partial charge in [-0.25, -0.2) is 9.97 Å². The van der Waals surface area contributed by atoms with E-state index in [0.29, 0.717) is 5.92 Å². The SMILES string of the molecule is CCCc1cc(NCC2CCCC(O)C2)ncn1. The first-order chi connectivity index (χ1) is 8.78. The molecule has 100 valence electrons. The maximum atomic E-state index is 9.64. The van der Waals surface area contributed by atoms with E-state index in [1.807, 2.05) is 6.07 Å². The van der Waals surface area contributed by atoms with Crippen molar-refractivity contribution in [2.75, 3.05) is 11.9 Å². The molecule has 2 N–H and O–H groups in total. The molecule has 2 rings (SSSR count). The highest BCUT2D eigenvalue weighted by atomic mass is 16.3. The van der Waals surface area contributed by atoms with Crippen LogP contribution >= 0.6 is 0 Å². The van der Waals surface area contributed by atoms with E-state index in [1.54, 1.807) is 6.33 Å². The van der Waals surface area contributed by atoms with Gasteiger partial charge in [0.25, 0.3) is 0 Å². The fourth-order valence-electron chi connectivity index (χ4n) is 2.58. The first kappa shape index (κ1) is 13.3. The van der Waals surface area contributed by atoms with Gasteiger partial charge >= 0.3 is 0 Å². The Morgan fingerprint density at radius 2 is 2.28 bits per heavy atom. The quantitative estimate of drug-likeness (QED) is 0.841. The van der Waals surface area contributed by atoms with E-state index in [0.717, 1.165) is 50.2 Å². The molecule has 2 unspecified atom stereocenters. The van der Waals surface area contributed by atoms with Gasteiger partial charge < -0.3 is 10.4 Å². The average Bonchev–Trinajstić information content (AvgIpc) is 2.37. The van der Waals surface area contributed by atoms with Crippen molar-refractivity contribution in [1.29, 1.82) is 0 Å². The number of aromatic nitrogens is 2. The van der Waals surface area contributed by atoms with Crippen LogP contribution in [0.4, 0.5) is 5.82 Å². The highest BCUT2D eigenvalue weighted by Gasteiger charge is 2.19. The van der Waals surface area contributed by atoms with E-state index < -0.39 is 0 Å². The topological polar surface area (TPSA) is 58.0 Å². The number of hydrogen-bond acceptors (Lipinski definition) is 4. The molecule has 1 heterocycles. The third kappa shape index (κ3) is 3.95. The number of hydrogen-bond donors (Lipinski definition) is 2. The predicted octanol–water partition coefficient (Wildman–Crippen LogP) is 2.39. The van der Waals surface area contributed by atoms with E-state index in [4.69, 9.17) is 0 Å². The van der Waals surface area contributed by atoms with Gasteiger partial charge in [0, 0.05) is 18.3 Å². The summed E-state index contributed by atoms with van der Waals surface area (Å²) in [6.07, 6.45) is 7.85. The minimum atomic E-state index is -0.105. The van der Waals surface area contributed by atoms with Crippen molar-refractivity contribution in [3.05, 3.63) is 18.1 Å². The molecule has 0 aliphatic heterocycles. The summed E-state index contributed by atoms with van der Waals surface area (Å²) in [6, 6.07) is 2.03. The van der Waals surface area contributed by atoms with Crippen LogP contribution in [0, 0.1) is 5.92 Å². The molecule has 1 aliphatic carbocycles. The van der Waals surface area contributed by atoms with E-state index in [-0.39, 0.29) is 6.10 Å². The second kappa shape index (κ2) is 6.69. The Labute approximate surface area is 109 Å². The van der Waals surface area contributed by atoms with Crippen molar-refractivity contribution >= 4 is 5.82 Å². The van der Waals surface area contributed by atoms with E-state index in [2.05, 4.69) is 22.2 Å². The number of rotatable bonds is 5. The molecule has 0 saturated heterocycles. The molecule has 4 nitrogen and oxygen atoms in total. The van der Waals surface area contributed by atoms with Gasteiger partial charge in [-0.1, -0.05) is 19.8 Å². The zero-order valence-electron chi connectivity index (χ0n) is 11.1. The second-order valence-corrected chi connectivity index (χ2v) is 5.21. The first-order valence-electron chi connectivity index (χ1n) is 7.00. The molecule has 2 atom stereocenters. The second-order valence-electron chi connectivity index (χ2n) is 5.21. The summed E-state index contributed by atoms with van der Waals surface area (Å²) in [7, 11) is 0. The van der Waals surface area contributed by atoms with Crippen molar-refractivity contribution in [3.8, 4) is 0 Å². The minimum Gasteiger partial charge on any atom is -0.393 e. The Morgan fingerprint density at radius 1 is 1.39 bits per heavy atom. The molecule has 0 spiro atoms. The number of aryl methyl sites for hydroxylation is 1. The van der Waals surface area contributed by atoms with Crippen molar-refractivity contribution in [2.24, 2.45) is 5.92 Å². The molecule has 1 aromatic heterocycles. The maximum absolute atomic E-state index is 9.64. The van der Waals surface area contributed by atoms with Gasteiger partial charge in [-0.2, -0.15) is 0 Å². The summed E-state index contributed by atoms with van der Waals surface area (Å²) in [5.41, 5.74) is 1.10. The Kier molecular flexibility index (Phi) is 4.93. The van der Waals surface area contributed by atoms with Crippen molar-refractivity contribution in [2.45, 2.75) is 51.6 Å². The highest BCUT2D eigenvalue weighted by Crippen LogP contribution is 2.24. The molecule has 18 heavy (non-hydrogen) atoms. The van der Waals surface area contributed by atoms with Gasteiger partial charge in [0.15, 0.2) is 0 Å². The van der Waals surface area contributed by atoms with Gasteiger partial charge in [-0.05, 0) is 31.6 Å². The number of anilines is 1. The lowest BCUT2D eigenvalue weighted by molar-refractivity contribution is 0.104. The highest BCUT2D eigenvalue weighted by molar-refractivity contribution is 5.34. The van der Waals surface area contributed by atoms with Crippen molar-refractivity contribution in [1.82, 2.24) is 9.97 Å². The Balaban J connectivity index is 1.83. The van der Waals surface area contributed by atoms with Crippen LogP contribution in [-0.4, -0.2) is 27.7 Å². The van der Waals surface area contributed by atoms with Crippen LogP contribution in [-0.2, 0) is 6.42 Å². The molecule has 1 aliphatic rings. The minimum absolute atomic E-state index is 0.105. The van der Waals surface area contributed by atoms with Crippen LogP contribution in [0.25, 0.3) is 0 Å². The molecule has 0 bridgehead atoms. The van der Waals surface area contributed by atoms with Crippen molar-refractivity contribution in [3.63, 3.8) is 0 Å². The van der Waals surface area contributed by atoms with Crippen LogP contribution in [0.2, 0.25) is 0 Å². The molecule has 4 heteroatoms. The third-order valence-corrected chi connectivity index (χ3v) is 3.56. The fourth-order valence-corrected chi connectivity index (χ4v) is 2.58. The molecule has 1 fully saturated rings. The standard InChI is InChI=1S/C14H23N3O/c1-2-4-12-8-14(17-10-16-12)15-9-11-5-3-6-13(18)7-11/h8,10-11,13,18H,2-7,9H2,1H3,(H,15,16,17). The van der Waals surface area contributed by atoms with Gasteiger partial charge in [0.1, 0.15) is 12.1 Å². The zero-order chi connectivity index (χ0) is 12.8. The van der Waals surface area contributed by atoms with Gasteiger partial charge in [-0.3, -0.25) is 0 Å². The monoisotopic (exact) mass is 249 g/mol. The molecular weight excluding hydrogens is 226 g/mol. The lowest BCUT2D eigenvalue weighted by Gasteiger charge is -2.26. The van der Waals surface area contributed by atoms with Gasteiger partial charge in [-0.15, -0.1) is 0 Å². The van der Waals surface area contributed by atoms with E-state index >= 15 is 0 Å². The third-order valence-electron chi connectivity index (χ3n) is 3.56. The summed E-state index contributed by atoms with van der Waals surface area (Å²) in [4.78, 5) is 8.49. The van der Waals surface area contributed by atoms with Gasteiger partial charge in [0.05, 0.1) is 6.10 Å². The molecule has 0 amide bonds. The van der Waals surface area contributed by atoms with E-state index in [1.165, 1.54) is 6.42 Å². The normalized spacial score (nSPS) is 23.9. The smallest absolute Gasteiger partial charge is 0.129 e. The number of aliphatic hydroxyl groups is 1. The van der Waals surface area contributed by atoms with Gasteiger partial charge in [0.2, 0.25) is 0 Å². The maximum Gasteiger partial charge on any atom is 0.129 e. The van der Waals surface area contributed by atoms with E-state index in [9.17, 15) is 5.11 Å². The molecular formula is C14H23N3O. The Bertz CT molecular complexity index is 370. The predicted molar refractivity (Wildman–Crippen MR) is 72.5 cm³/mol. The zero-order valence-corrected chi connectivity index (χ0v) is 11.1. The van der Waals surface area contributed by atoms with Crippen LogP contribution < -0.4 is 5.32 Å². The molecule has 1 saturated carbocycles. The lowest BCUT2D eigenvalue weighted by atomic mass is 9.87. The molecule has 1 aromatic rings. The summed E-state index contributed by atoms with van der Waals surface area (Å²) in [5.74, 6) is 1.48. The Hall–Kier alpha value is -1.16. The van der Waals surface area contributed by atoms with Crippen LogP contribution in [0.15, 0.2) is 12.4 Å². The fraction of sp³-hybridized carbons (Fsp3) is 0.714. The molecule has 0 aromatic carbocycles. The van der Waals surface area contributed by atoms with Crippen LogP contribution in [0.1, 0.15) is 44.7 Å². The summed E-state index contributed by atoms with van der Waals surface area (Å²) in [5, 5.41) is 13.0. The summed E-state index contributed by atoms with van der Waals surface area (Å²) in [6.45, 7) is 3.05. The van der Waals surface area contributed by atoms with Crippen LogP contribution in [0.5, 0.6) is 0 Å². The Morgan fingerprint density at radius 3 is 3.06 bits per heavy atom. The number of nitrogens with zero attached hydrogens (tertiary/aromatic N) is 2. The first-order valence-corrected chi connectivity index (χ1v) is 7.00. The molecule has 0 radical (unpaired) electrons.